The lowest BCUT2D eigenvalue weighted by Gasteiger charge is -2.24. The lowest BCUT2D eigenvalue weighted by Crippen LogP contribution is -2.39. The van der Waals surface area contributed by atoms with Crippen LogP contribution in [-0.4, -0.2) is 43.5 Å². The van der Waals surface area contributed by atoms with Gasteiger partial charge in [-0.1, -0.05) is 6.07 Å². The van der Waals surface area contributed by atoms with Crippen LogP contribution in [0.3, 0.4) is 0 Å². The smallest absolute Gasteiger partial charge is 0.387 e. The summed E-state index contributed by atoms with van der Waals surface area (Å²) >= 11 is 1.21. The number of anilines is 1. The molecule has 0 aliphatic rings. The van der Waals surface area contributed by atoms with Gasteiger partial charge in [-0.2, -0.15) is 8.78 Å². The molecule has 152 valence electrons. The summed E-state index contributed by atoms with van der Waals surface area (Å²) in [7, 11) is 3.10. The fourth-order valence-corrected chi connectivity index (χ4v) is 3.24. The minimum Gasteiger partial charge on any atom is -0.493 e. The second-order valence-electron chi connectivity index (χ2n) is 5.97. The van der Waals surface area contributed by atoms with Crippen LogP contribution in [-0.2, 0) is 11.3 Å². The van der Waals surface area contributed by atoms with E-state index in [1.807, 2.05) is 0 Å². The summed E-state index contributed by atoms with van der Waals surface area (Å²) in [4.78, 5) is 25.6. The Hall–Kier alpha value is -2.72. The Labute approximate surface area is 165 Å². The van der Waals surface area contributed by atoms with Gasteiger partial charge in [-0.15, -0.1) is 11.3 Å². The highest BCUT2D eigenvalue weighted by atomic mass is 32.1. The molecule has 0 saturated carbocycles. The van der Waals surface area contributed by atoms with E-state index in [4.69, 9.17) is 10.5 Å². The molecule has 1 aromatic carbocycles. The summed E-state index contributed by atoms with van der Waals surface area (Å²) in [5, 5.41) is 4.76. The molecular weight excluding hydrogens is 392 g/mol. The van der Waals surface area contributed by atoms with E-state index in [-0.39, 0.29) is 23.0 Å². The number of nitrogens with zero attached hydrogens (tertiary/aromatic N) is 1. The minimum absolute atomic E-state index is 0.0635. The fraction of sp³-hybridized carbons (Fsp3) is 0.333. The van der Waals surface area contributed by atoms with Gasteiger partial charge in [0.05, 0.1) is 18.7 Å². The minimum atomic E-state index is -2.95. The fourth-order valence-electron chi connectivity index (χ4n) is 2.45. The van der Waals surface area contributed by atoms with Crippen LogP contribution in [0.1, 0.15) is 22.8 Å². The highest BCUT2D eigenvalue weighted by Crippen LogP contribution is 2.30. The van der Waals surface area contributed by atoms with Crippen molar-refractivity contribution in [1.82, 2.24) is 4.90 Å². The predicted octanol–water partition coefficient (Wildman–Crippen LogP) is 2.92. The molecule has 1 atom stereocenters. The number of hydrogen-bond donors (Lipinski definition) is 2. The Bertz CT molecular complexity index is 844. The highest BCUT2D eigenvalue weighted by Gasteiger charge is 2.21. The Kier molecular flexibility index (Phi) is 7.30. The molecule has 0 fully saturated rings. The molecule has 0 bridgehead atoms. The van der Waals surface area contributed by atoms with Crippen molar-refractivity contribution in [2.75, 3.05) is 19.5 Å². The number of benzene rings is 1. The molecule has 28 heavy (non-hydrogen) atoms. The third-order valence-corrected chi connectivity index (χ3v) is 4.91. The van der Waals surface area contributed by atoms with Crippen LogP contribution < -0.4 is 20.5 Å². The lowest BCUT2D eigenvalue weighted by atomic mass is 10.1. The van der Waals surface area contributed by atoms with E-state index < -0.39 is 18.6 Å². The molecule has 2 amide bonds. The van der Waals surface area contributed by atoms with Gasteiger partial charge in [-0.05, 0) is 43.1 Å². The van der Waals surface area contributed by atoms with Gasteiger partial charge >= 0.3 is 6.61 Å². The van der Waals surface area contributed by atoms with Gasteiger partial charge in [-0.25, -0.2) is 0 Å². The first-order valence-corrected chi connectivity index (χ1v) is 9.11. The Morgan fingerprint density at radius 2 is 2.00 bits per heavy atom. The first-order chi connectivity index (χ1) is 13.2. The lowest BCUT2D eigenvalue weighted by molar-refractivity contribution is -0.120. The summed E-state index contributed by atoms with van der Waals surface area (Å²) in [6.45, 7) is -0.889. The predicted molar refractivity (Wildman–Crippen MR) is 102 cm³/mol. The van der Waals surface area contributed by atoms with Crippen LogP contribution in [0, 0.1) is 0 Å². The van der Waals surface area contributed by atoms with Crippen molar-refractivity contribution in [2.45, 2.75) is 26.1 Å². The average molecular weight is 413 g/mol. The molecule has 1 heterocycles. The number of methoxy groups -OCH3 is 1. The third-order valence-electron chi connectivity index (χ3n) is 4.08. The van der Waals surface area contributed by atoms with Crippen molar-refractivity contribution in [3.8, 4) is 11.5 Å². The van der Waals surface area contributed by atoms with E-state index in [9.17, 15) is 18.4 Å². The van der Waals surface area contributed by atoms with Crippen LogP contribution in [0.4, 0.5) is 13.8 Å². The molecule has 1 aromatic heterocycles. The number of nitrogens with two attached hydrogens (primary N) is 1. The maximum atomic E-state index is 12.5. The number of carbonyl (C=O) groups is 2. The van der Waals surface area contributed by atoms with Crippen LogP contribution in [0.2, 0.25) is 0 Å². The topological polar surface area (TPSA) is 93.9 Å². The number of carbonyl (C=O) groups excluding carboxylic acids is 2. The second kappa shape index (κ2) is 9.47. The number of rotatable bonds is 9. The zero-order valence-corrected chi connectivity index (χ0v) is 16.4. The van der Waals surface area contributed by atoms with Crippen molar-refractivity contribution in [3.63, 3.8) is 0 Å². The molecule has 3 N–H and O–H groups in total. The Morgan fingerprint density at radius 1 is 1.29 bits per heavy atom. The maximum Gasteiger partial charge on any atom is 0.387 e. The Balaban J connectivity index is 2.05. The van der Waals surface area contributed by atoms with Gasteiger partial charge in [0, 0.05) is 6.54 Å². The maximum absolute atomic E-state index is 12.5. The first kappa shape index (κ1) is 21.6. The molecule has 0 saturated heterocycles. The van der Waals surface area contributed by atoms with E-state index in [1.165, 1.54) is 24.5 Å². The number of halogens is 2. The molecule has 10 heteroatoms. The molecule has 0 aliphatic carbocycles. The summed E-state index contributed by atoms with van der Waals surface area (Å²) in [5.74, 6) is -0.813. The van der Waals surface area contributed by atoms with Crippen LogP contribution in [0.5, 0.6) is 11.5 Å². The number of alkyl halides is 2. The summed E-state index contributed by atoms with van der Waals surface area (Å²) in [6, 6.07) is 5.59. The van der Waals surface area contributed by atoms with Crippen LogP contribution >= 0.6 is 11.3 Å². The number of ether oxygens (including phenoxy) is 2. The average Bonchev–Trinajstić information content (AvgIpc) is 3.10. The van der Waals surface area contributed by atoms with E-state index in [2.05, 4.69) is 10.1 Å². The molecule has 0 unspecified atom stereocenters. The molecule has 0 spiro atoms. The number of thiophene rings is 1. The number of nitrogens with one attached hydrogen (secondary N) is 1. The molecule has 7 nitrogen and oxygen atoms in total. The highest BCUT2D eigenvalue weighted by molar-refractivity contribution is 7.14. The summed E-state index contributed by atoms with van der Waals surface area (Å²) in [5.41, 5.74) is 6.28. The van der Waals surface area contributed by atoms with Gasteiger partial charge in [0.15, 0.2) is 11.5 Å². The zero-order chi connectivity index (χ0) is 20.8. The first-order valence-electron chi connectivity index (χ1n) is 8.23. The van der Waals surface area contributed by atoms with Crippen molar-refractivity contribution < 1.29 is 27.8 Å². The number of amides is 2. The standard InChI is InChI=1S/C18H21F2N3O4S/c1-10(16(25)22-17-12(15(21)24)6-7-28-17)23(2)9-11-4-5-13(27-18(19)20)14(8-11)26-3/h4-8,10,18H,9H2,1-3H3,(H2,21,24)(H,22,25)/t10-/m1/s1. The van der Waals surface area contributed by atoms with Gasteiger partial charge in [0.1, 0.15) is 5.00 Å². The third kappa shape index (κ3) is 5.40. The Morgan fingerprint density at radius 3 is 2.61 bits per heavy atom. The van der Waals surface area contributed by atoms with Crippen molar-refractivity contribution in [3.05, 3.63) is 40.8 Å². The van der Waals surface area contributed by atoms with Gasteiger partial charge < -0.3 is 20.5 Å². The van der Waals surface area contributed by atoms with Gasteiger partial charge in [0.25, 0.3) is 5.91 Å². The van der Waals surface area contributed by atoms with E-state index in [1.54, 1.807) is 42.5 Å². The van der Waals surface area contributed by atoms with Crippen LogP contribution in [0.25, 0.3) is 0 Å². The SMILES string of the molecule is COc1cc(CN(C)[C@H](C)C(=O)Nc2sccc2C(N)=O)ccc1OC(F)F. The second-order valence-corrected chi connectivity index (χ2v) is 6.89. The van der Waals surface area contributed by atoms with Crippen LogP contribution in [0.15, 0.2) is 29.6 Å². The largest absolute Gasteiger partial charge is 0.493 e. The molecule has 2 rings (SSSR count). The summed E-state index contributed by atoms with van der Waals surface area (Å²) < 4.78 is 34.3. The van der Waals surface area contributed by atoms with Gasteiger partial charge in [0.2, 0.25) is 5.91 Å². The number of hydrogen-bond acceptors (Lipinski definition) is 6. The molecule has 2 aromatic rings. The number of primary amides is 1. The van der Waals surface area contributed by atoms with Gasteiger partial charge in [-0.3, -0.25) is 14.5 Å². The summed E-state index contributed by atoms with van der Waals surface area (Å²) in [6.07, 6.45) is 0. The van der Waals surface area contributed by atoms with E-state index >= 15 is 0 Å². The van der Waals surface area contributed by atoms with Crippen molar-refractivity contribution in [1.29, 1.82) is 0 Å². The molecule has 0 radical (unpaired) electrons. The zero-order valence-electron chi connectivity index (χ0n) is 15.6. The quantitative estimate of drug-likeness (QED) is 0.659. The van der Waals surface area contributed by atoms with Crippen molar-refractivity contribution >= 4 is 28.2 Å². The van der Waals surface area contributed by atoms with Crippen molar-refractivity contribution in [2.24, 2.45) is 5.73 Å². The number of likely N-dealkylation sites (N-methyl/N-ethyl adjacent to an activating group) is 1. The normalized spacial score (nSPS) is 12.1. The molecular formula is C18H21F2N3O4S. The van der Waals surface area contributed by atoms with E-state index in [0.717, 1.165) is 5.56 Å². The molecule has 0 aliphatic heterocycles. The monoisotopic (exact) mass is 413 g/mol. The van der Waals surface area contributed by atoms with E-state index in [0.29, 0.717) is 11.5 Å².